The molecule has 7 heteroatoms. The van der Waals surface area contributed by atoms with E-state index in [9.17, 15) is 13.2 Å². The highest BCUT2D eigenvalue weighted by Crippen LogP contribution is 2.31. The minimum absolute atomic E-state index is 0.338. The summed E-state index contributed by atoms with van der Waals surface area (Å²) < 4.78 is 39.7. The Morgan fingerprint density at radius 2 is 2.11 bits per heavy atom. The van der Waals surface area contributed by atoms with E-state index in [1.165, 1.54) is 6.07 Å². The van der Waals surface area contributed by atoms with Gasteiger partial charge in [0, 0.05) is 12.1 Å². The van der Waals surface area contributed by atoms with Gasteiger partial charge in [-0.1, -0.05) is 12.1 Å². The number of nitrogens with one attached hydrogen (secondary N) is 1. The molecule has 3 rings (SSSR count). The lowest BCUT2D eigenvalue weighted by atomic mass is 10.1. The monoisotopic (exact) mass is 268 g/mol. The predicted octanol–water partition coefficient (Wildman–Crippen LogP) is 2.07. The van der Waals surface area contributed by atoms with Gasteiger partial charge in [0.25, 0.3) is 0 Å². The Hall–Kier alpha value is -1.89. The van der Waals surface area contributed by atoms with E-state index in [4.69, 9.17) is 0 Å². The van der Waals surface area contributed by atoms with Crippen LogP contribution in [-0.4, -0.2) is 21.3 Å². The molecule has 1 aliphatic heterocycles. The van der Waals surface area contributed by atoms with E-state index in [1.54, 1.807) is 10.7 Å². The van der Waals surface area contributed by atoms with Crippen LogP contribution < -0.4 is 5.32 Å². The van der Waals surface area contributed by atoms with Gasteiger partial charge in [-0.3, -0.25) is 0 Å². The standard InChI is InChI=1S/C12H11F3N4/c13-12(14,15)9-3-1-2-8(6-9)11-17-10-7-16-4-5-19(10)18-11/h1-3,6,16H,4-5,7H2. The molecule has 0 fully saturated rings. The van der Waals surface area contributed by atoms with Crippen molar-refractivity contribution >= 4 is 0 Å². The lowest BCUT2D eigenvalue weighted by Crippen LogP contribution is -2.28. The molecular formula is C12H11F3N4. The van der Waals surface area contributed by atoms with Crippen LogP contribution in [0.3, 0.4) is 0 Å². The van der Waals surface area contributed by atoms with E-state index in [-0.39, 0.29) is 0 Å². The third-order valence-electron chi connectivity index (χ3n) is 2.98. The summed E-state index contributed by atoms with van der Waals surface area (Å²) in [6.45, 7) is 2.06. The molecule has 0 atom stereocenters. The molecule has 19 heavy (non-hydrogen) atoms. The van der Waals surface area contributed by atoms with Gasteiger partial charge in [-0.15, -0.1) is 0 Å². The lowest BCUT2D eigenvalue weighted by molar-refractivity contribution is -0.137. The summed E-state index contributed by atoms with van der Waals surface area (Å²) in [5, 5.41) is 7.38. The van der Waals surface area contributed by atoms with Crippen molar-refractivity contribution in [2.45, 2.75) is 19.3 Å². The molecule has 2 aromatic rings. The molecule has 0 bridgehead atoms. The molecule has 2 heterocycles. The van der Waals surface area contributed by atoms with Crippen molar-refractivity contribution in [1.29, 1.82) is 0 Å². The molecule has 0 aliphatic carbocycles. The van der Waals surface area contributed by atoms with Gasteiger partial charge >= 0.3 is 6.18 Å². The zero-order valence-corrected chi connectivity index (χ0v) is 9.91. The Bertz CT molecular complexity index is 580. The normalized spacial score (nSPS) is 15.3. The maximum Gasteiger partial charge on any atom is 0.416 e. The molecule has 100 valence electrons. The Labute approximate surface area is 107 Å². The molecule has 4 nitrogen and oxygen atoms in total. The maximum atomic E-state index is 12.7. The number of fused-ring (bicyclic) bond motifs is 1. The minimum Gasteiger partial charge on any atom is -0.308 e. The summed E-state index contributed by atoms with van der Waals surface area (Å²) in [5.41, 5.74) is -0.298. The third-order valence-corrected chi connectivity index (χ3v) is 2.98. The van der Waals surface area contributed by atoms with Crippen LogP contribution in [0.15, 0.2) is 24.3 Å². The zero-order valence-electron chi connectivity index (χ0n) is 9.91. The fourth-order valence-corrected chi connectivity index (χ4v) is 2.03. The second-order valence-corrected chi connectivity index (χ2v) is 4.33. The van der Waals surface area contributed by atoms with Crippen molar-refractivity contribution in [2.75, 3.05) is 6.54 Å². The van der Waals surface area contributed by atoms with Crippen LogP contribution in [0.2, 0.25) is 0 Å². The first-order chi connectivity index (χ1) is 9.04. The number of hydrogen-bond acceptors (Lipinski definition) is 3. The van der Waals surface area contributed by atoms with E-state index < -0.39 is 11.7 Å². The lowest BCUT2D eigenvalue weighted by Gasteiger charge is -2.11. The molecular weight excluding hydrogens is 257 g/mol. The molecule has 0 unspecified atom stereocenters. The molecule has 1 aromatic carbocycles. The summed E-state index contributed by atoms with van der Waals surface area (Å²) in [6, 6.07) is 5.08. The average Bonchev–Trinajstić information content (AvgIpc) is 2.81. The van der Waals surface area contributed by atoms with Gasteiger partial charge in [-0.25, -0.2) is 9.67 Å². The second kappa shape index (κ2) is 4.34. The van der Waals surface area contributed by atoms with Gasteiger partial charge < -0.3 is 5.32 Å². The fraction of sp³-hybridized carbons (Fsp3) is 0.333. The van der Waals surface area contributed by atoms with Crippen LogP contribution in [0.1, 0.15) is 11.4 Å². The summed E-state index contributed by atoms with van der Waals surface area (Å²) >= 11 is 0. The molecule has 1 aliphatic rings. The number of rotatable bonds is 1. The van der Waals surface area contributed by atoms with E-state index in [2.05, 4.69) is 15.4 Å². The smallest absolute Gasteiger partial charge is 0.308 e. The quantitative estimate of drug-likeness (QED) is 0.861. The van der Waals surface area contributed by atoms with E-state index in [1.807, 2.05) is 0 Å². The van der Waals surface area contributed by atoms with Crippen LogP contribution in [0, 0.1) is 0 Å². The number of hydrogen-bond donors (Lipinski definition) is 1. The van der Waals surface area contributed by atoms with Crippen molar-refractivity contribution < 1.29 is 13.2 Å². The molecule has 1 aromatic heterocycles. The number of nitrogens with zero attached hydrogens (tertiary/aromatic N) is 3. The van der Waals surface area contributed by atoms with Crippen molar-refractivity contribution in [2.24, 2.45) is 0 Å². The molecule has 0 amide bonds. The van der Waals surface area contributed by atoms with Crippen molar-refractivity contribution in [3.63, 3.8) is 0 Å². The SMILES string of the molecule is FC(F)(F)c1cccc(-c2nc3n(n2)CCNC3)c1. The maximum absolute atomic E-state index is 12.7. The summed E-state index contributed by atoms with van der Waals surface area (Å²) in [7, 11) is 0. The van der Waals surface area contributed by atoms with Gasteiger partial charge in [-0.2, -0.15) is 18.3 Å². The first-order valence-electron chi connectivity index (χ1n) is 5.86. The van der Waals surface area contributed by atoms with Crippen LogP contribution in [-0.2, 0) is 19.3 Å². The third kappa shape index (κ3) is 2.33. The minimum atomic E-state index is -4.35. The number of benzene rings is 1. The van der Waals surface area contributed by atoms with E-state index in [0.717, 1.165) is 24.5 Å². The Morgan fingerprint density at radius 1 is 1.26 bits per heavy atom. The van der Waals surface area contributed by atoms with Crippen LogP contribution in [0.5, 0.6) is 0 Å². The molecule has 0 spiro atoms. The number of alkyl halides is 3. The largest absolute Gasteiger partial charge is 0.416 e. The highest BCUT2D eigenvalue weighted by molar-refractivity contribution is 5.56. The van der Waals surface area contributed by atoms with Crippen molar-refractivity contribution in [3.8, 4) is 11.4 Å². The van der Waals surface area contributed by atoms with E-state index in [0.29, 0.717) is 24.5 Å². The van der Waals surface area contributed by atoms with Crippen molar-refractivity contribution in [3.05, 3.63) is 35.7 Å². The number of halogens is 3. The van der Waals surface area contributed by atoms with Gasteiger partial charge in [0.05, 0.1) is 18.7 Å². The van der Waals surface area contributed by atoms with Crippen LogP contribution in [0.25, 0.3) is 11.4 Å². The Morgan fingerprint density at radius 3 is 2.84 bits per heavy atom. The first-order valence-corrected chi connectivity index (χ1v) is 5.86. The van der Waals surface area contributed by atoms with Crippen molar-refractivity contribution in [1.82, 2.24) is 20.1 Å². The van der Waals surface area contributed by atoms with Crippen LogP contribution >= 0.6 is 0 Å². The zero-order chi connectivity index (χ0) is 13.5. The first kappa shape index (κ1) is 12.2. The molecule has 0 saturated carbocycles. The summed E-state index contributed by atoms with van der Waals surface area (Å²) in [4.78, 5) is 4.27. The summed E-state index contributed by atoms with van der Waals surface area (Å²) in [5.74, 6) is 1.09. The molecule has 0 saturated heterocycles. The van der Waals surface area contributed by atoms with E-state index >= 15 is 0 Å². The second-order valence-electron chi connectivity index (χ2n) is 4.33. The summed E-state index contributed by atoms with van der Waals surface area (Å²) in [6.07, 6.45) is -4.35. The van der Waals surface area contributed by atoms with Gasteiger partial charge in [0.2, 0.25) is 0 Å². The Balaban J connectivity index is 2.00. The fourth-order valence-electron chi connectivity index (χ4n) is 2.03. The average molecular weight is 268 g/mol. The predicted molar refractivity (Wildman–Crippen MR) is 62.2 cm³/mol. The van der Waals surface area contributed by atoms with Crippen LogP contribution in [0.4, 0.5) is 13.2 Å². The number of aromatic nitrogens is 3. The molecule has 0 radical (unpaired) electrons. The highest BCUT2D eigenvalue weighted by atomic mass is 19.4. The Kier molecular flexibility index (Phi) is 2.78. The molecule has 1 N–H and O–H groups in total. The highest BCUT2D eigenvalue weighted by Gasteiger charge is 2.30. The van der Waals surface area contributed by atoms with Gasteiger partial charge in [0.1, 0.15) is 5.82 Å². The van der Waals surface area contributed by atoms with Gasteiger partial charge in [0.15, 0.2) is 5.82 Å². The topological polar surface area (TPSA) is 42.7 Å². The van der Waals surface area contributed by atoms with Gasteiger partial charge in [-0.05, 0) is 12.1 Å².